The van der Waals surface area contributed by atoms with Gasteiger partial charge in [0.05, 0.1) is 0 Å². The van der Waals surface area contributed by atoms with Crippen LogP contribution >= 0.6 is 15.9 Å². The van der Waals surface area contributed by atoms with E-state index in [1.807, 2.05) is 12.2 Å². The van der Waals surface area contributed by atoms with Crippen molar-refractivity contribution in [2.24, 2.45) is 5.41 Å². The Morgan fingerprint density at radius 3 is 1.89 bits per heavy atom. The molecule has 0 amide bonds. The number of halogens is 1. The molecule has 0 aromatic carbocycles. The summed E-state index contributed by atoms with van der Waals surface area (Å²) in [5.41, 5.74) is 6.65. The van der Waals surface area contributed by atoms with E-state index < -0.39 is 0 Å². The van der Waals surface area contributed by atoms with Gasteiger partial charge in [-0.1, -0.05) is 66.7 Å². The Morgan fingerprint density at radius 2 is 1.47 bits per heavy atom. The molecule has 0 N–H and O–H groups in total. The largest absolute Gasteiger partial charge is 0.0988 e. The summed E-state index contributed by atoms with van der Waals surface area (Å²) >= 11 is 3.53. The SMILES string of the molecule is C=C/C(C)=C\C1=C(C)C(C)=C(/C=C(/Br)C=C)C1(C)C. The molecule has 0 bridgehead atoms. The lowest BCUT2D eigenvalue weighted by molar-refractivity contribution is 0.574. The highest BCUT2D eigenvalue weighted by molar-refractivity contribution is 9.11. The molecule has 1 aliphatic rings. The van der Waals surface area contributed by atoms with Crippen molar-refractivity contribution in [2.75, 3.05) is 0 Å². The van der Waals surface area contributed by atoms with Gasteiger partial charge in [0.1, 0.15) is 0 Å². The van der Waals surface area contributed by atoms with Crippen LogP contribution in [-0.2, 0) is 0 Å². The lowest BCUT2D eigenvalue weighted by Gasteiger charge is -2.25. The number of rotatable bonds is 4. The van der Waals surface area contributed by atoms with E-state index in [-0.39, 0.29) is 5.41 Å². The topological polar surface area (TPSA) is 0 Å². The van der Waals surface area contributed by atoms with Crippen LogP contribution in [0, 0.1) is 5.41 Å². The minimum atomic E-state index is 0.0144. The molecular weight excluding hydrogens is 296 g/mol. The van der Waals surface area contributed by atoms with Crippen LogP contribution in [-0.4, -0.2) is 0 Å². The third-order valence-electron chi connectivity index (χ3n) is 3.89. The lowest BCUT2D eigenvalue weighted by Crippen LogP contribution is -2.13. The zero-order valence-corrected chi connectivity index (χ0v) is 14.2. The van der Waals surface area contributed by atoms with Crippen molar-refractivity contribution >= 4 is 15.9 Å². The third-order valence-corrected chi connectivity index (χ3v) is 4.44. The lowest BCUT2D eigenvalue weighted by atomic mass is 9.79. The molecular formula is C18H23Br. The highest BCUT2D eigenvalue weighted by Gasteiger charge is 2.34. The Labute approximate surface area is 126 Å². The summed E-state index contributed by atoms with van der Waals surface area (Å²) < 4.78 is 1.02. The molecule has 0 aliphatic heterocycles. The summed E-state index contributed by atoms with van der Waals surface area (Å²) in [6.07, 6.45) is 8.15. The van der Waals surface area contributed by atoms with Gasteiger partial charge in [-0.05, 0) is 49.1 Å². The molecule has 0 saturated heterocycles. The summed E-state index contributed by atoms with van der Waals surface area (Å²) in [6, 6.07) is 0. The van der Waals surface area contributed by atoms with Gasteiger partial charge in [-0.3, -0.25) is 0 Å². The first-order valence-electron chi connectivity index (χ1n) is 6.49. The summed E-state index contributed by atoms with van der Waals surface area (Å²) in [5.74, 6) is 0. The van der Waals surface area contributed by atoms with E-state index in [0.717, 1.165) is 4.48 Å². The monoisotopic (exact) mass is 318 g/mol. The average Bonchev–Trinajstić information content (AvgIpc) is 2.52. The molecule has 1 aliphatic carbocycles. The molecule has 19 heavy (non-hydrogen) atoms. The molecule has 0 unspecified atom stereocenters. The molecule has 0 atom stereocenters. The van der Waals surface area contributed by atoms with Gasteiger partial charge in [0, 0.05) is 9.90 Å². The Hall–Kier alpha value is -1.08. The van der Waals surface area contributed by atoms with E-state index in [1.54, 1.807) is 0 Å². The minimum absolute atomic E-state index is 0.0144. The first kappa shape index (κ1) is 16.0. The third kappa shape index (κ3) is 3.09. The van der Waals surface area contributed by atoms with E-state index in [9.17, 15) is 0 Å². The second-order valence-corrected chi connectivity index (χ2v) is 6.44. The Balaban J connectivity index is 3.39. The second kappa shape index (κ2) is 5.92. The van der Waals surface area contributed by atoms with Gasteiger partial charge in [0.25, 0.3) is 0 Å². The van der Waals surface area contributed by atoms with Crippen molar-refractivity contribution in [1.82, 2.24) is 0 Å². The van der Waals surface area contributed by atoms with Crippen molar-refractivity contribution in [2.45, 2.75) is 34.6 Å². The van der Waals surface area contributed by atoms with Gasteiger partial charge in [-0.25, -0.2) is 0 Å². The maximum absolute atomic E-state index is 3.84. The average molecular weight is 319 g/mol. The van der Waals surface area contributed by atoms with Crippen LogP contribution in [0.1, 0.15) is 34.6 Å². The van der Waals surface area contributed by atoms with E-state index in [4.69, 9.17) is 0 Å². The summed E-state index contributed by atoms with van der Waals surface area (Å²) in [5, 5.41) is 0. The van der Waals surface area contributed by atoms with Gasteiger partial charge in [0.2, 0.25) is 0 Å². The fourth-order valence-electron chi connectivity index (χ4n) is 2.55. The molecule has 0 aromatic heterocycles. The molecule has 102 valence electrons. The van der Waals surface area contributed by atoms with Gasteiger partial charge in [0.15, 0.2) is 0 Å². The van der Waals surface area contributed by atoms with E-state index in [1.165, 1.54) is 27.9 Å². The fourth-order valence-corrected chi connectivity index (χ4v) is 2.78. The van der Waals surface area contributed by atoms with Crippen LogP contribution in [0.2, 0.25) is 0 Å². The van der Waals surface area contributed by atoms with Crippen LogP contribution in [0.4, 0.5) is 0 Å². The fraction of sp³-hybridized carbons (Fsp3) is 0.333. The maximum atomic E-state index is 3.84. The van der Waals surface area contributed by atoms with Crippen LogP contribution in [0.25, 0.3) is 0 Å². The smallest absolute Gasteiger partial charge is 0.0172 e. The molecule has 1 rings (SSSR count). The summed E-state index contributed by atoms with van der Waals surface area (Å²) in [6.45, 7) is 18.6. The van der Waals surface area contributed by atoms with Gasteiger partial charge < -0.3 is 0 Å². The van der Waals surface area contributed by atoms with E-state index >= 15 is 0 Å². The summed E-state index contributed by atoms with van der Waals surface area (Å²) in [7, 11) is 0. The van der Waals surface area contributed by atoms with Gasteiger partial charge in [-0.2, -0.15) is 0 Å². The molecule has 0 nitrogen and oxygen atoms in total. The Bertz CT molecular complexity index is 486. The first-order valence-corrected chi connectivity index (χ1v) is 7.28. The zero-order chi connectivity index (χ0) is 14.8. The van der Waals surface area contributed by atoms with Crippen LogP contribution in [0.3, 0.4) is 0 Å². The number of hydrogen-bond acceptors (Lipinski definition) is 0. The molecule has 1 heteroatoms. The van der Waals surface area contributed by atoms with Crippen LogP contribution < -0.4 is 0 Å². The van der Waals surface area contributed by atoms with Gasteiger partial charge >= 0.3 is 0 Å². The highest BCUT2D eigenvalue weighted by atomic mass is 79.9. The zero-order valence-electron chi connectivity index (χ0n) is 12.6. The van der Waals surface area contributed by atoms with Crippen molar-refractivity contribution in [3.8, 4) is 0 Å². The van der Waals surface area contributed by atoms with E-state index in [0.29, 0.717) is 0 Å². The molecule has 0 aromatic rings. The standard InChI is InChI=1S/C18H23Br/c1-8-12(3)10-16-13(4)14(5)17(18(16,6)7)11-15(19)9-2/h8-11H,1-2H2,3-7H3/b12-10-,15-11+. The number of allylic oxidation sites excluding steroid dienone is 10. The molecule has 0 fully saturated rings. The Kier molecular flexibility index (Phi) is 4.98. The van der Waals surface area contributed by atoms with Gasteiger partial charge in [-0.15, -0.1) is 0 Å². The van der Waals surface area contributed by atoms with Crippen LogP contribution in [0.5, 0.6) is 0 Å². The molecule has 0 saturated carbocycles. The minimum Gasteiger partial charge on any atom is -0.0988 e. The van der Waals surface area contributed by atoms with Crippen molar-refractivity contribution in [3.05, 3.63) is 69.8 Å². The maximum Gasteiger partial charge on any atom is 0.0172 e. The van der Waals surface area contributed by atoms with Crippen LogP contribution in [0.15, 0.2) is 69.8 Å². The quantitative estimate of drug-likeness (QED) is 0.537. The number of hydrogen-bond donors (Lipinski definition) is 0. The highest BCUT2D eigenvalue weighted by Crippen LogP contribution is 2.48. The second-order valence-electron chi connectivity index (χ2n) is 5.53. The van der Waals surface area contributed by atoms with Crippen molar-refractivity contribution < 1.29 is 0 Å². The van der Waals surface area contributed by atoms with Crippen molar-refractivity contribution in [1.29, 1.82) is 0 Å². The molecule has 0 heterocycles. The molecule has 0 radical (unpaired) electrons. The van der Waals surface area contributed by atoms with Crippen molar-refractivity contribution in [3.63, 3.8) is 0 Å². The normalized spacial score (nSPS) is 20.1. The van der Waals surface area contributed by atoms with E-state index in [2.05, 4.69) is 75.9 Å². The predicted molar refractivity (Wildman–Crippen MR) is 90.3 cm³/mol. The Morgan fingerprint density at radius 1 is 1.00 bits per heavy atom. The molecule has 0 spiro atoms. The predicted octanol–water partition coefficient (Wildman–Crippen LogP) is 6.26. The first-order chi connectivity index (χ1) is 8.75. The summed E-state index contributed by atoms with van der Waals surface area (Å²) in [4.78, 5) is 0.